The van der Waals surface area contributed by atoms with E-state index in [0.717, 1.165) is 29.6 Å². The largest absolute Gasteiger partial charge is 0.493 e. The predicted octanol–water partition coefficient (Wildman–Crippen LogP) is 3.47. The maximum Gasteiger partial charge on any atom is 0.162 e. The summed E-state index contributed by atoms with van der Waals surface area (Å²) in [6, 6.07) is 5.94. The van der Waals surface area contributed by atoms with Gasteiger partial charge in [0.15, 0.2) is 11.5 Å². The van der Waals surface area contributed by atoms with E-state index in [9.17, 15) is 0 Å². The molecule has 0 radical (unpaired) electrons. The third-order valence-corrected chi connectivity index (χ3v) is 3.36. The molecule has 0 fully saturated rings. The van der Waals surface area contributed by atoms with Gasteiger partial charge in [0, 0.05) is 18.3 Å². The first-order valence-electron chi connectivity index (χ1n) is 6.44. The van der Waals surface area contributed by atoms with Gasteiger partial charge in [-0.15, -0.1) is 0 Å². The minimum absolute atomic E-state index is 0.739. The second-order valence-corrected chi connectivity index (χ2v) is 4.60. The molecule has 98 valence electrons. The van der Waals surface area contributed by atoms with Gasteiger partial charge >= 0.3 is 0 Å². The fourth-order valence-electron chi connectivity index (χ4n) is 2.25. The zero-order chi connectivity index (χ0) is 12.8. The van der Waals surface area contributed by atoms with Gasteiger partial charge in [-0.25, -0.2) is 0 Å². The molecule has 1 atom stereocenters. The highest BCUT2D eigenvalue weighted by Crippen LogP contribution is 2.30. The summed E-state index contributed by atoms with van der Waals surface area (Å²) < 4.78 is 10.5. The molecule has 0 heterocycles. The zero-order valence-corrected chi connectivity index (χ0v) is 11.1. The van der Waals surface area contributed by atoms with Gasteiger partial charge in [0.1, 0.15) is 0 Å². The molecule has 0 aromatic heterocycles. The highest BCUT2D eigenvalue weighted by molar-refractivity contribution is 5.54. The molecule has 18 heavy (non-hydrogen) atoms. The Balaban J connectivity index is 1.94. The molecular formula is C15H21NO2. The van der Waals surface area contributed by atoms with E-state index in [1.165, 1.54) is 19.3 Å². The van der Waals surface area contributed by atoms with Gasteiger partial charge in [-0.05, 0) is 37.3 Å². The van der Waals surface area contributed by atoms with E-state index in [0.29, 0.717) is 0 Å². The molecule has 0 aliphatic heterocycles. The standard InChI is InChI=1S/C15H21NO2/c1-17-14-9-8-13(10-15(14)18-2)16-11-12-6-4-3-5-7-12/h3-4,8-10,12,16H,5-7,11H2,1-2H3/t12-/m0/s1. The van der Waals surface area contributed by atoms with Gasteiger partial charge < -0.3 is 14.8 Å². The lowest BCUT2D eigenvalue weighted by Crippen LogP contribution is -2.15. The molecule has 0 saturated heterocycles. The van der Waals surface area contributed by atoms with E-state index in [4.69, 9.17) is 9.47 Å². The lowest BCUT2D eigenvalue weighted by molar-refractivity contribution is 0.355. The van der Waals surface area contributed by atoms with Gasteiger partial charge in [0.2, 0.25) is 0 Å². The van der Waals surface area contributed by atoms with Gasteiger partial charge in [-0.1, -0.05) is 12.2 Å². The average Bonchev–Trinajstić information content (AvgIpc) is 2.45. The van der Waals surface area contributed by atoms with Crippen LogP contribution in [0.2, 0.25) is 0 Å². The Hall–Kier alpha value is -1.64. The molecular weight excluding hydrogens is 226 g/mol. The van der Waals surface area contributed by atoms with Crippen LogP contribution in [0, 0.1) is 5.92 Å². The summed E-state index contributed by atoms with van der Waals surface area (Å²) in [6.45, 7) is 1.01. The highest BCUT2D eigenvalue weighted by atomic mass is 16.5. The maximum absolute atomic E-state index is 5.29. The smallest absolute Gasteiger partial charge is 0.162 e. The summed E-state index contributed by atoms with van der Waals surface area (Å²) in [6.07, 6.45) is 8.22. The molecule has 0 bridgehead atoms. The minimum atomic E-state index is 0.739. The summed E-state index contributed by atoms with van der Waals surface area (Å²) in [5, 5.41) is 3.47. The first kappa shape index (κ1) is 12.8. The monoisotopic (exact) mass is 247 g/mol. The molecule has 1 aromatic rings. The van der Waals surface area contributed by atoms with Crippen LogP contribution in [0.15, 0.2) is 30.4 Å². The Morgan fingerprint density at radius 1 is 1.17 bits per heavy atom. The van der Waals surface area contributed by atoms with Crippen LogP contribution in [0.4, 0.5) is 5.69 Å². The molecule has 3 heteroatoms. The Labute approximate surface area is 109 Å². The van der Waals surface area contributed by atoms with Crippen molar-refractivity contribution in [3.8, 4) is 11.5 Å². The van der Waals surface area contributed by atoms with Crippen molar-refractivity contribution in [2.45, 2.75) is 19.3 Å². The van der Waals surface area contributed by atoms with E-state index in [-0.39, 0.29) is 0 Å². The third-order valence-electron chi connectivity index (χ3n) is 3.36. The number of rotatable bonds is 5. The minimum Gasteiger partial charge on any atom is -0.493 e. The Bertz CT molecular complexity index is 415. The van der Waals surface area contributed by atoms with E-state index in [2.05, 4.69) is 17.5 Å². The molecule has 0 unspecified atom stereocenters. The Morgan fingerprint density at radius 3 is 2.67 bits per heavy atom. The van der Waals surface area contributed by atoms with Crippen molar-refractivity contribution in [3.63, 3.8) is 0 Å². The maximum atomic E-state index is 5.29. The second-order valence-electron chi connectivity index (χ2n) is 4.60. The molecule has 2 rings (SSSR count). The quantitative estimate of drug-likeness (QED) is 0.808. The van der Waals surface area contributed by atoms with Crippen LogP contribution >= 0.6 is 0 Å². The number of allylic oxidation sites excluding steroid dienone is 2. The lowest BCUT2D eigenvalue weighted by Gasteiger charge is -2.19. The highest BCUT2D eigenvalue weighted by Gasteiger charge is 2.10. The molecule has 3 nitrogen and oxygen atoms in total. The summed E-state index contributed by atoms with van der Waals surface area (Å²) >= 11 is 0. The Kier molecular flexibility index (Phi) is 4.51. The number of hydrogen-bond acceptors (Lipinski definition) is 3. The number of anilines is 1. The number of nitrogens with one attached hydrogen (secondary N) is 1. The number of methoxy groups -OCH3 is 2. The number of hydrogen-bond donors (Lipinski definition) is 1. The van der Waals surface area contributed by atoms with Crippen LogP contribution in [0.1, 0.15) is 19.3 Å². The van der Waals surface area contributed by atoms with Crippen molar-refractivity contribution in [3.05, 3.63) is 30.4 Å². The van der Waals surface area contributed by atoms with Gasteiger partial charge in [-0.2, -0.15) is 0 Å². The van der Waals surface area contributed by atoms with Crippen LogP contribution in [0.5, 0.6) is 11.5 Å². The SMILES string of the molecule is COc1ccc(NC[C@H]2CC=CCC2)cc1OC. The van der Waals surface area contributed by atoms with Crippen LogP contribution in [-0.2, 0) is 0 Å². The Morgan fingerprint density at radius 2 is 2.00 bits per heavy atom. The first-order valence-corrected chi connectivity index (χ1v) is 6.44. The molecule has 1 aliphatic rings. The van der Waals surface area contributed by atoms with E-state index in [1.807, 2.05) is 18.2 Å². The van der Waals surface area contributed by atoms with Gasteiger partial charge in [-0.3, -0.25) is 0 Å². The van der Waals surface area contributed by atoms with Crippen LogP contribution in [0.3, 0.4) is 0 Å². The van der Waals surface area contributed by atoms with Crippen molar-refractivity contribution < 1.29 is 9.47 Å². The molecule has 0 spiro atoms. The van der Waals surface area contributed by atoms with Gasteiger partial charge in [0.05, 0.1) is 14.2 Å². The number of benzene rings is 1. The predicted molar refractivity (Wildman–Crippen MR) is 74.5 cm³/mol. The molecule has 0 amide bonds. The summed E-state index contributed by atoms with van der Waals surface area (Å²) in [5.41, 5.74) is 1.09. The van der Waals surface area contributed by atoms with Crippen LogP contribution < -0.4 is 14.8 Å². The fourth-order valence-corrected chi connectivity index (χ4v) is 2.25. The first-order chi connectivity index (χ1) is 8.83. The third kappa shape index (κ3) is 3.19. The normalized spacial score (nSPS) is 18.4. The van der Waals surface area contributed by atoms with Crippen molar-refractivity contribution in [1.82, 2.24) is 0 Å². The second kappa shape index (κ2) is 6.34. The summed E-state index contributed by atoms with van der Waals surface area (Å²) in [5.74, 6) is 2.28. The van der Waals surface area contributed by atoms with Crippen LogP contribution in [-0.4, -0.2) is 20.8 Å². The summed E-state index contributed by atoms with van der Waals surface area (Å²) in [4.78, 5) is 0. The zero-order valence-electron chi connectivity index (χ0n) is 11.1. The van der Waals surface area contributed by atoms with E-state index < -0.39 is 0 Å². The molecule has 1 N–H and O–H groups in total. The lowest BCUT2D eigenvalue weighted by atomic mass is 9.94. The van der Waals surface area contributed by atoms with E-state index >= 15 is 0 Å². The van der Waals surface area contributed by atoms with Crippen molar-refractivity contribution in [2.75, 3.05) is 26.1 Å². The van der Waals surface area contributed by atoms with E-state index in [1.54, 1.807) is 14.2 Å². The average molecular weight is 247 g/mol. The fraction of sp³-hybridized carbons (Fsp3) is 0.467. The van der Waals surface area contributed by atoms with Crippen LogP contribution in [0.25, 0.3) is 0 Å². The molecule has 1 aromatic carbocycles. The van der Waals surface area contributed by atoms with Crippen molar-refractivity contribution in [1.29, 1.82) is 0 Å². The molecule has 0 saturated carbocycles. The van der Waals surface area contributed by atoms with Crippen molar-refractivity contribution in [2.24, 2.45) is 5.92 Å². The summed E-state index contributed by atoms with van der Waals surface area (Å²) in [7, 11) is 3.31. The van der Waals surface area contributed by atoms with Crippen molar-refractivity contribution >= 4 is 5.69 Å². The topological polar surface area (TPSA) is 30.5 Å². The van der Waals surface area contributed by atoms with Gasteiger partial charge in [0.25, 0.3) is 0 Å². The molecule has 1 aliphatic carbocycles. The number of ether oxygens (including phenoxy) is 2.